The molecule has 1 heterocycles. The fourth-order valence-corrected chi connectivity index (χ4v) is 0.871. The molecule has 0 spiro atoms. The molecule has 1 atom stereocenters. The van der Waals surface area contributed by atoms with Gasteiger partial charge < -0.3 is 9.47 Å². The summed E-state index contributed by atoms with van der Waals surface area (Å²) >= 11 is 4.51. The zero-order chi connectivity index (χ0) is 11.4. The van der Waals surface area contributed by atoms with Crippen molar-refractivity contribution in [3.8, 4) is 0 Å². The van der Waals surface area contributed by atoms with Gasteiger partial charge in [0, 0.05) is 10.7 Å². The summed E-state index contributed by atoms with van der Waals surface area (Å²) in [6, 6.07) is 0. The van der Waals surface area contributed by atoms with E-state index in [1.54, 1.807) is 0 Å². The quantitative estimate of drug-likeness (QED) is 0.575. The van der Waals surface area contributed by atoms with Crippen molar-refractivity contribution < 1.29 is 17.9 Å². The maximum absolute atomic E-state index is 9.52. The summed E-state index contributed by atoms with van der Waals surface area (Å²) in [5, 5.41) is 0. The summed E-state index contributed by atoms with van der Waals surface area (Å²) in [5.41, 5.74) is 0. The Morgan fingerprint density at radius 2 is 1.93 bits per heavy atom. The Kier molecular flexibility index (Phi) is 5.64. The molecule has 0 aliphatic carbocycles. The van der Waals surface area contributed by atoms with Crippen LogP contribution in [-0.4, -0.2) is 26.9 Å². The van der Waals surface area contributed by atoms with Crippen molar-refractivity contribution in [3.63, 3.8) is 0 Å². The van der Waals surface area contributed by atoms with E-state index in [2.05, 4.69) is 22.5 Å². The molecule has 1 rings (SSSR count). The lowest BCUT2D eigenvalue weighted by Crippen LogP contribution is -2.20. The van der Waals surface area contributed by atoms with E-state index in [-0.39, 0.29) is 11.9 Å². The molecule has 8 heteroatoms. The molecule has 1 aliphatic rings. The van der Waals surface area contributed by atoms with Crippen LogP contribution in [0.3, 0.4) is 0 Å². The molecule has 0 aromatic carbocycles. The minimum atomic E-state index is -3.67. The van der Waals surface area contributed by atoms with Gasteiger partial charge in [-0.15, -0.1) is 4.24 Å². The molecule has 0 amide bonds. The van der Waals surface area contributed by atoms with E-state index >= 15 is 0 Å². The molecule has 0 bridgehead atoms. The fraction of sp³-hybridized carbons (Fsp3) is 1.00. The summed E-state index contributed by atoms with van der Waals surface area (Å²) in [6.07, 6.45) is 0.269. The molecule has 0 aromatic rings. The molecule has 14 heavy (non-hydrogen) atoms. The van der Waals surface area contributed by atoms with Gasteiger partial charge in [0.25, 0.3) is 0 Å². The zero-order valence-electron chi connectivity index (χ0n) is 8.08. The molecule has 1 unspecified atom stereocenters. The molecule has 0 aromatic heterocycles. The van der Waals surface area contributed by atoms with Crippen LogP contribution in [0.15, 0.2) is 0 Å². The first-order chi connectivity index (χ1) is 6.16. The molecular formula is C6H13Cl2NO4S. The molecule has 1 N–H and O–H groups in total. The topological polar surface area (TPSA) is 64.6 Å². The van der Waals surface area contributed by atoms with Gasteiger partial charge in [-0.05, 0) is 32.5 Å². The number of hydrogen-bond donors (Lipinski definition) is 1. The van der Waals surface area contributed by atoms with Gasteiger partial charge in [0.2, 0.25) is 0 Å². The van der Waals surface area contributed by atoms with Gasteiger partial charge in [0.15, 0.2) is 5.79 Å². The van der Waals surface area contributed by atoms with E-state index in [1.165, 1.54) is 4.24 Å². The maximum atomic E-state index is 9.52. The third-order valence-electron chi connectivity index (χ3n) is 1.24. The number of halogens is 2. The predicted molar refractivity (Wildman–Crippen MR) is 54.3 cm³/mol. The summed E-state index contributed by atoms with van der Waals surface area (Å²) in [7, 11) is 0.772. The lowest BCUT2D eigenvalue weighted by Gasteiger charge is -2.15. The van der Waals surface area contributed by atoms with Crippen LogP contribution in [0, 0.1) is 0 Å². The van der Waals surface area contributed by atoms with Crippen LogP contribution in [-0.2, 0) is 18.7 Å². The fourth-order valence-electron chi connectivity index (χ4n) is 0.871. The van der Waals surface area contributed by atoms with Crippen molar-refractivity contribution in [1.29, 1.82) is 0 Å². The highest BCUT2D eigenvalue weighted by Crippen LogP contribution is 2.21. The summed E-state index contributed by atoms with van der Waals surface area (Å²) in [6.45, 7) is 6.59. The zero-order valence-corrected chi connectivity index (χ0v) is 10.4. The average Bonchev–Trinajstić information content (AvgIpc) is 2.29. The van der Waals surface area contributed by atoms with Gasteiger partial charge in [0.05, 0.1) is 12.7 Å². The lowest BCUT2D eigenvalue weighted by molar-refractivity contribution is -0.136. The van der Waals surface area contributed by atoms with Crippen molar-refractivity contribution in [3.05, 3.63) is 0 Å². The highest BCUT2D eigenvalue weighted by Gasteiger charge is 2.29. The number of rotatable bonds is 1. The second-order valence-electron chi connectivity index (χ2n) is 3.15. The van der Waals surface area contributed by atoms with Gasteiger partial charge >= 0.3 is 9.24 Å². The SMILES string of the molecule is CC1COC(C)(C)O1.O=S(=O)(Cl)NCl. The smallest absolute Gasteiger partial charge is 0.310 e. The first-order valence-corrected chi connectivity index (χ1v) is 6.49. The molecule has 0 radical (unpaired) electrons. The lowest BCUT2D eigenvalue weighted by atomic mass is 10.4. The standard InChI is InChI=1S/C6H12O2.Cl2HNO2S/c1-5-4-7-6(2,3)8-5;1-3-6(2,4)5/h5H,4H2,1-3H3;3H. The second kappa shape index (κ2) is 5.48. The predicted octanol–water partition coefficient (Wildman–Crippen LogP) is 1.37. The average molecular weight is 266 g/mol. The molecular weight excluding hydrogens is 253 g/mol. The molecule has 1 fully saturated rings. The Bertz CT molecular complexity index is 267. The Morgan fingerprint density at radius 1 is 1.50 bits per heavy atom. The van der Waals surface area contributed by atoms with Crippen LogP contribution in [0.25, 0.3) is 0 Å². The van der Waals surface area contributed by atoms with Gasteiger partial charge in [-0.2, -0.15) is 8.42 Å². The van der Waals surface area contributed by atoms with Crippen LogP contribution in [0.2, 0.25) is 0 Å². The first kappa shape index (κ1) is 14.4. The molecule has 1 saturated heterocycles. The number of nitrogens with one attached hydrogen (secondary N) is 1. The van der Waals surface area contributed by atoms with Crippen LogP contribution in [0.4, 0.5) is 0 Å². The van der Waals surface area contributed by atoms with Gasteiger partial charge in [0.1, 0.15) is 0 Å². The largest absolute Gasteiger partial charge is 0.348 e. The summed E-state index contributed by atoms with van der Waals surface area (Å²) < 4.78 is 30.9. The van der Waals surface area contributed by atoms with E-state index < -0.39 is 9.24 Å². The summed E-state index contributed by atoms with van der Waals surface area (Å²) in [5.74, 6) is -0.334. The Balaban J connectivity index is 0.000000255. The van der Waals surface area contributed by atoms with Gasteiger partial charge in [-0.3, -0.25) is 0 Å². The van der Waals surface area contributed by atoms with E-state index in [4.69, 9.17) is 9.47 Å². The van der Waals surface area contributed by atoms with Crippen molar-refractivity contribution >= 4 is 31.7 Å². The number of ether oxygens (including phenoxy) is 2. The normalized spacial score (nSPS) is 25.4. The van der Waals surface area contributed by atoms with Crippen molar-refractivity contribution in [2.45, 2.75) is 32.7 Å². The first-order valence-electron chi connectivity index (χ1n) is 3.80. The maximum Gasteiger partial charge on any atom is 0.310 e. The second-order valence-corrected chi connectivity index (χ2v) is 5.87. The highest BCUT2D eigenvalue weighted by atomic mass is 35.7. The van der Waals surface area contributed by atoms with Crippen molar-refractivity contribution in [1.82, 2.24) is 4.24 Å². The van der Waals surface area contributed by atoms with Gasteiger partial charge in [-0.1, -0.05) is 0 Å². The Hall–Kier alpha value is 0.410. The highest BCUT2D eigenvalue weighted by molar-refractivity contribution is 8.12. The monoisotopic (exact) mass is 265 g/mol. The molecule has 0 saturated carbocycles. The minimum Gasteiger partial charge on any atom is -0.348 e. The number of hydrogen-bond acceptors (Lipinski definition) is 4. The van der Waals surface area contributed by atoms with Crippen LogP contribution in [0.1, 0.15) is 20.8 Å². The van der Waals surface area contributed by atoms with Crippen LogP contribution in [0.5, 0.6) is 0 Å². The van der Waals surface area contributed by atoms with Crippen molar-refractivity contribution in [2.24, 2.45) is 0 Å². The van der Waals surface area contributed by atoms with Crippen LogP contribution < -0.4 is 4.24 Å². The molecule has 86 valence electrons. The van der Waals surface area contributed by atoms with Gasteiger partial charge in [-0.25, -0.2) is 0 Å². The Labute approximate surface area is 93.3 Å². The molecule has 1 aliphatic heterocycles. The van der Waals surface area contributed by atoms with Crippen LogP contribution >= 0.6 is 22.5 Å². The van der Waals surface area contributed by atoms with E-state index in [1.807, 2.05) is 20.8 Å². The Morgan fingerprint density at radius 3 is 2.00 bits per heavy atom. The summed E-state index contributed by atoms with van der Waals surface area (Å²) in [4.78, 5) is 0. The van der Waals surface area contributed by atoms with Crippen molar-refractivity contribution in [2.75, 3.05) is 6.61 Å². The van der Waals surface area contributed by atoms with E-state index in [9.17, 15) is 8.42 Å². The van der Waals surface area contributed by atoms with E-state index in [0.29, 0.717) is 0 Å². The van der Waals surface area contributed by atoms with E-state index in [0.717, 1.165) is 6.61 Å². The third kappa shape index (κ3) is 7.78. The minimum absolute atomic E-state index is 0.269. The third-order valence-corrected chi connectivity index (χ3v) is 2.50. The molecule has 5 nitrogen and oxygen atoms in total.